The van der Waals surface area contributed by atoms with Crippen LogP contribution in [0.15, 0.2) is 48.5 Å². The van der Waals surface area contributed by atoms with Crippen LogP contribution in [0.5, 0.6) is 5.75 Å². The Labute approximate surface area is 156 Å². The number of ether oxygens (including phenoxy) is 1. The number of hydrogen-bond donors (Lipinski definition) is 1. The largest absolute Gasteiger partial charge is 0.494 e. The molecule has 1 unspecified atom stereocenters. The minimum atomic E-state index is -0.0138. The van der Waals surface area contributed by atoms with Crippen molar-refractivity contribution in [3.63, 3.8) is 0 Å². The van der Waals surface area contributed by atoms with Crippen LogP contribution in [0.4, 0.5) is 0 Å². The molecule has 1 atom stereocenters. The smallest absolute Gasteiger partial charge is 0.251 e. The lowest BCUT2D eigenvalue weighted by Gasteiger charge is -2.28. The topological polar surface area (TPSA) is 41.6 Å². The zero-order valence-corrected chi connectivity index (χ0v) is 15.7. The highest BCUT2D eigenvalue weighted by molar-refractivity contribution is 5.94. The van der Waals surface area contributed by atoms with Crippen molar-refractivity contribution in [3.8, 4) is 5.75 Å². The lowest BCUT2D eigenvalue weighted by Crippen LogP contribution is -2.36. The van der Waals surface area contributed by atoms with Gasteiger partial charge >= 0.3 is 0 Å². The summed E-state index contributed by atoms with van der Waals surface area (Å²) >= 11 is 0. The van der Waals surface area contributed by atoms with Crippen molar-refractivity contribution in [2.75, 3.05) is 26.2 Å². The van der Waals surface area contributed by atoms with Gasteiger partial charge in [0.05, 0.1) is 12.6 Å². The molecule has 1 aliphatic heterocycles. The number of carbonyl (C=O) groups is 1. The maximum atomic E-state index is 12.5. The van der Waals surface area contributed by atoms with E-state index in [-0.39, 0.29) is 11.9 Å². The molecule has 4 heteroatoms. The summed E-state index contributed by atoms with van der Waals surface area (Å²) < 4.78 is 5.55. The number of amides is 1. The van der Waals surface area contributed by atoms with Gasteiger partial charge in [0.15, 0.2) is 0 Å². The average molecular weight is 352 g/mol. The highest BCUT2D eigenvalue weighted by atomic mass is 16.5. The third-order valence-electron chi connectivity index (χ3n) is 4.93. The Hall–Kier alpha value is -2.33. The molecule has 0 aliphatic carbocycles. The summed E-state index contributed by atoms with van der Waals surface area (Å²) in [4.78, 5) is 15.0. The maximum Gasteiger partial charge on any atom is 0.251 e. The van der Waals surface area contributed by atoms with Gasteiger partial charge in [-0.05, 0) is 69.6 Å². The molecule has 2 aromatic rings. The van der Waals surface area contributed by atoms with E-state index in [9.17, 15) is 4.79 Å². The average Bonchev–Trinajstić information content (AvgIpc) is 3.18. The molecule has 1 N–H and O–H groups in total. The minimum absolute atomic E-state index is 0.0138. The Kier molecular flexibility index (Phi) is 6.29. The van der Waals surface area contributed by atoms with Gasteiger partial charge in [0.2, 0.25) is 0 Å². The molecule has 0 saturated carbocycles. The van der Waals surface area contributed by atoms with Gasteiger partial charge in [0.25, 0.3) is 5.91 Å². The van der Waals surface area contributed by atoms with Crippen LogP contribution < -0.4 is 10.1 Å². The van der Waals surface area contributed by atoms with Crippen LogP contribution in [-0.2, 0) is 0 Å². The molecule has 3 rings (SSSR count). The summed E-state index contributed by atoms with van der Waals surface area (Å²) in [5, 5.41) is 3.12. The molecule has 0 spiro atoms. The third-order valence-corrected chi connectivity index (χ3v) is 4.93. The molecule has 0 aromatic heterocycles. The van der Waals surface area contributed by atoms with Crippen LogP contribution in [0.3, 0.4) is 0 Å². The van der Waals surface area contributed by atoms with Crippen LogP contribution in [0, 0.1) is 6.92 Å². The fourth-order valence-electron chi connectivity index (χ4n) is 3.46. The number of aryl methyl sites for hydroxylation is 1. The van der Waals surface area contributed by atoms with Crippen molar-refractivity contribution in [2.45, 2.75) is 32.7 Å². The Balaban J connectivity index is 1.69. The molecule has 4 nitrogen and oxygen atoms in total. The van der Waals surface area contributed by atoms with Crippen molar-refractivity contribution >= 4 is 5.91 Å². The lowest BCUT2D eigenvalue weighted by atomic mass is 10.0. The van der Waals surface area contributed by atoms with Crippen LogP contribution in [-0.4, -0.2) is 37.0 Å². The lowest BCUT2D eigenvalue weighted by molar-refractivity contribution is 0.0938. The molecule has 1 aliphatic rings. The summed E-state index contributed by atoms with van der Waals surface area (Å²) in [5.74, 6) is 0.875. The SMILES string of the molecule is CCOc1ccc(C(CNC(=O)c2ccc(C)cc2)N2CCCC2)cc1. The van der Waals surface area contributed by atoms with Crippen molar-refractivity contribution < 1.29 is 9.53 Å². The van der Waals surface area contributed by atoms with Gasteiger partial charge in [0.1, 0.15) is 5.75 Å². The standard InChI is InChI=1S/C22H28N2O2/c1-3-26-20-12-10-18(11-13-20)21(24-14-4-5-15-24)16-23-22(25)19-8-6-17(2)7-9-19/h6-13,21H,3-5,14-16H2,1-2H3,(H,23,25). The zero-order chi connectivity index (χ0) is 18.4. The first kappa shape index (κ1) is 18.5. The first-order valence-corrected chi connectivity index (χ1v) is 9.49. The van der Waals surface area contributed by atoms with Crippen LogP contribution in [0.1, 0.15) is 47.3 Å². The highest BCUT2D eigenvalue weighted by Gasteiger charge is 2.24. The van der Waals surface area contributed by atoms with Crippen molar-refractivity contribution in [2.24, 2.45) is 0 Å². The van der Waals surface area contributed by atoms with E-state index in [4.69, 9.17) is 4.74 Å². The van der Waals surface area contributed by atoms with Gasteiger partial charge in [-0.2, -0.15) is 0 Å². The predicted molar refractivity (Wildman–Crippen MR) is 105 cm³/mol. The third kappa shape index (κ3) is 4.64. The van der Waals surface area contributed by atoms with E-state index in [1.807, 2.05) is 50.2 Å². The second-order valence-electron chi connectivity index (χ2n) is 6.84. The molecule has 138 valence electrons. The fraction of sp³-hybridized carbons (Fsp3) is 0.409. The van der Waals surface area contributed by atoms with Gasteiger partial charge < -0.3 is 10.1 Å². The normalized spacial score (nSPS) is 15.6. The number of nitrogens with zero attached hydrogens (tertiary/aromatic N) is 1. The van der Waals surface area contributed by atoms with Gasteiger partial charge in [-0.25, -0.2) is 0 Å². The molecule has 1 amide bonds. The van der Waals surface area contributed by atoms with Crippen LogP contribution in [0.25, 0.3) is 0 Å². The minimum Gasteiger partial charge on any atom is -0.494 e. The monoisotopic (exact) mass is 352 g/mol. The Bertz CT molecular complexity index is 704. The quantitative estimate of drug-likeness (QED) is 0.820. The van der Waals surface area contributed by atoms with Crippen LogP contribution >= 0.6 is 0 Å². The number of hydrogen-bond acceptors (Lipinski definition) is 3. The summed E-state index contributed by atoms with van der Waals surface area (Å²) in [5.41, 5.74) is 3.09. The summed E-state index contributed by atoms with van der Waals surface area (Å²) in [7, 11) is 0. The van der Waals surface area contributed by atoms with Crippen LogP contribution in [0.2, 0.25) is 0 Å². The molecular formula is C22H28N2O2. The number of likely N-dealkylation sites (tertiary alicyclic amines) is 1. The molecule has 1 saturated heterocycles. The molecule has 1 fully saturated rings. The van der Waals surface area contributed by atoms with Crippen molar-refractivity contribution in [3.05, 3.63) is 65.2 Å². The van der Waals surface area contributed by atoms with E-state index in [1.165, 1.54) is 18.4 Å². The van der Waals surface area contributed by atoms with Crippen molar-refractivity contribution in [1.82, 2.24) is 10.2 Å². The molecular weight excluding hydrogens is 324 g/mol. The van der Waals surface area contributed by atoms with Gasteiger partial charge in [-0.15, -0.1) is 0 Å². The van der Waals surface area contributed by atoms with Crippen molar-refractivity contribution in [1.29, 1.82) is 0 Å². The van der Waals surface area contributed by atoms with Gasteiger partial charge in [-0.1, -0.05) is 29.8 Å². The predicted octanol–water partition coefficient (Wildman–Crippen LogP) is 3.96. The second-order valence-corrected chi connectivity index (χ2v) is 6.84. The first-order chi connectivity index (χ1) is 12.7. The highest BCUT2D eigenvalue weighted by Crippen LogP contribution is 2.26. The van der Waals surface area contributed by atoms with E-state index < -0.39 is 0 Å². The number of benzene rings is 2. The fourth-order valence-corrected chi connectivity index (χ4v) is 3.46. The van der Waals surface area contributed by atoms with E-state index in [1.54, 1.807) is 0 Å². The first-order valence-electron chi connectivity index (χ1n) is 9.49. The summed E-state index contributed by atoms with van der Waals surface area (Å²) in [6.45, 7) is 7.46. The van der Waals surface area contributed by atoms with E-state index in [0.29, 0.717) is 18.7 Å². The van der Waals surface area contributed by atoms with Gasteiger partial charge in [-0.3, -0.25) is 9.69 Å². The molecule has 1 heterocycles. The molecule has 0 bridgehead atoms. The Morgan fingerprint density at radius 3 is 2.35 bits per heavy atom. The summed E-state index contributed by atoms with van der Waals surface area (Å²) in [6, 6.07) is 16.2. The zero-order valence-electron chi connectivity index (χ0n) is 15.7. The second kappa shape index (κ2) is 8.86. The Morgan fingerprint density at radius 2 is 1.73 bits per heavy atom. The van der Waals surface area contributed by atoms with E-state index in [0.717, 1.165) is 24.4 Å². The van der Waals surface area contributed by atoms with Gasteiger partial charge in [0, 0.05) is 12.1 Å². The van der Waals surface area contributed by atoms with E-state index >= 15 is 0 Å². The Morgan fingerprint density at radius 1 is 1.08 bits per heavy atom. The number of nitrogens with one attached hydrogen (secondary N) is 1. The molecule has 26 heavy (non-hydrogen) atoms. The molecule has 2 aromatic carbocycles. The van der Waals surface area contributed by atoms with E-state index in [2.05, 4.69) is 22.3 Å². The maximum absolute atomic E-state index is 12.5. The molecule has 0 radical (unpaired) electrons. The number of carbonyl (C=O) groups excluding carboxylic acids is 1. The number of rotatable bonds is 7. The summed E-state index contributed by atoms with van der Waals surface area (Å²) in [6.07, 6.45) is 2.44.